The van der Waals surface area contributed by atoms with Gasteiger partial charge in [-0.3, -0.25) is 4.79 Å². The highest BCUT2D eigenvalue weighted by molar-refractivity contribution is 6.09. The number of aromatic nitrogens is 2. The van der Waals surface area contributed by atoms with Crippen molar-refractivity contribution in [2.75, 3.05) is 0 Å². The number of fused-ring (bicyclic) bond motifs is 6. The minimum atomic E-state index is -0.715. The molecule has 0 aliphatic rings. The molecule has 7 rings (SSSR count). The summed E-state index contributed by atoms with van der Waals surface area (Å²) in [6.07, 6.45) is 16.7. The summed E-state index contributed by atoms with van der Waals surface area (Å²) in [7, 11) is 0. The predicted octanol–water partition coefficient (Wildman–Crippen LogP) is 12.5. The second kappa shape index (κ2) is 15.5. The molecule has 0 atom stereocenters. The van der Waals surface area contributed by atoms with Crippen LogP contribution < -0.4 is 0 Å². The largest absolute Gasteiger partial charge is 0.481 e. The molecule has 5 aromatic carbocycles. The molecule has 4 nitrogen and oxygen atoms in total. The van der Waals surface area contributed by atoms with E-state index in [9.17, 15) is 4.79 Å². The van der Waals surface area contributed by atoms with Crippen LogP contribution in [-0.4, -0.2) is 20.2 Å². The van der Waals surface area contributed by atoms with Crippen LogP contribution >= 0.6 is 0 Å². The van der Waals surface area contributed by atoms with Gasteiger partial charge in [-0.25, -0.2) is 0 Å². The van der Waals surface area contributed by atoms with E-state index in [0.717, 1.165) is 32.4 Å². The van der Waals surface area contributed by atoms with E-state index in [1.807, 2.05) is 0 Å². The number of unbranched alkanes of at least 4 members (excludes halogenated alkanes) is 5. The predicted molar refractivity (Wildman–Crippen MR) is 213 cm³/mol. The fourth-order valence-electron chi connectivity index (χ4n) is 7.35. The van der Waals surface area contributed by atoms with E-state index in [1.54, 1.807) is 0 Å². The van der Waals surface area contributed by atoms with E-state index in [2.05, 4.69) is 150 Å². The minimum absolute atomic E-state index is 0.242. The molecule has 2 aromatic heterocycles. The second-order valence-corrected chi connectivity index (χ2v) is 13.5. The van der Waals surface area contributed by atoms with Crippen molar-refractivity contribution in [3.63, 3.8) is 0 Å². The third kappa shape index (κ3) is 7.30. The average Bonchev–Trinajstić information content (AvgIpc) is 3.63. The van der Waals surface area contributed by atoms with Crippen molar-refractivity contribution >= 4 is 73.9 Å². The number of benzene rings is 5. The van der Waals surface area contributed by atoms with Crippen molar-refractivity contribution in [2.45, 2.75) is 71.4 Å². The van der Waals surface area contributed by atoms with E-state index >= 15 is 0 Å². The summed E-state index contributed by atoms with van der Waals surface area (Å²) in [5, 5.41) is 14.1. The van der Waals surface area contributed by atoms with Crippen LogP contribution in [0.1, 0.15) is 80.5 Å². The van der Waals surface area contributed by atoms with Gasteiger partial charge in [0.25, 0.3) is 0 Å². The first-order valence-corrected chi connectivity index (χ1v) is 18.3. The number of aryl methyl sites for hydroxylation is 2. The molecule has 0 spiro atoms. The van der Waals surface area contributed by atoms with Gasteiger partial charge in [0.15, 0.2) is 0 Å². The Hall–Kier alpha value is -5.35. The summed E-state index contributed by atoms with van der Waals surface area (Å²) >= 11 is 0. The molecule has 0 amide bonds. The Bertz CT molecular complexity index is 2320. The zero-order valence-electron chi connectivity index (χ0n) is 29.0. The minimum Gasteiger partial charge on any atom is -0.481 e. The molecule has 0 saturated heterocycles. The third-order valence-corrected chi connectivity index (χ3v) is 9.97. The van der Waals surface area contributed by atoms with Crippen LogP contribution in [0.25, 0.3) is 67.9 Å². The smallest absolute Gasteiger partial charge is 0.303 e. The van der Waals surface area contributed by atoms with E-state index in [1.165, 1.54) is 91.5 Å². The molecule has 7 aromatic rings. The van der Waals surface area contributed by atoms with Gasteiger partial charge in [0, 0.05) is 63.1 Å². The van der Waals surface area contributed by atoms with Gasteiger partial charge in [-0.1, -0.05) is 130 Å². The van der Waals surface area contributed by atoms with Crippen LogP contribution in [-0.2, 0) is 17.9 Å². The number of hydrogen-bond donors (Lipinski definition) is 1. The lowest BCUT2D eigenvalue weighted by Gasteiger charge is -2.07. The first kappa shape index (κ1) is 33.2. The van der Waals surface area contributed by atoms with Gasteiger partial charge >= 0.3 is 5.97 Å². The van der Waals surface area contributed by atoms with Gasteiger partial charge in [0.05, 0.1) is 0 Å². The Labute approximate surface area is 295 Å². The molecule has 0 saturated carbocycles. The molecule has 0 fully saturated rings. The van der Waals surface area contributed by atoms with Crippen LogP contribution in [0.15, 0.2) is 109 Å². The van der Waals surface area contributed by atoms with Gasteiger partial charge < -0.3 is 14.2 Å². The lowest BCUT2D eigenvalue weighted by atomic mass is 10.1. The fraction of sp³-hybridized carbons (Fsp3) is 0.239. The van der Waals surface area contributed by atoms with Crippen molar-refractivity contribution in [2.24, 2.45) is 0 Å². The summed E-state index contributed by atoms with van der Waals surface area (Å²) in [4.78, 5) is 10.9. The quantitative estimate of drug-likeness (QED) is 0.0880. The summed E-state index contributed by atoms with van der Waals surface area (Å²) < 4.78 is 4.89. The molecule has 1 N–H and O–H groups in total. The van der Waals surface area contributed by atoms with Crippen molar-refractivity contribution < 1.29 is 9.90 Å². The van der Waals surface area contributed by atoms with Gasteiger partial charge in [0.2, 0.25) is 0 Å². The molecular formula is C46H46N2O2. The molecular weight excluding hydrogens is 613 g/mol. The van der Waals surface area contributed by atoms with E-state index in [0.29, 0.717) is 0 Å². The summed E-state index contributed by atoms with van der Waals surface area (Å²) in [6, 6.07) is 39.7. The summed E-state index contributed by atoms with van der Waals surface area (Å²) in [5.74, 6) is -0.715. The third-order valence-electron chi connectivity index (χ3n) is 9.97. The maximum Gasteiger partial charge on any atom is 0.303 e. The number of para-hydroxylation sites is 2. The SMILES string of the molecule is CCCCCCn1c2ccccc2c2cc(/C=C/c3ccc(/C=C/c4ccc5c(c4)c4ccccc4n5CCCCCC(=O)O)cc3)ccc21. The van der Waals surface area contributed by atoms with Gasteiger partial charge in [0.1, 0.15) is 0 Å². The van der Waals surface area contributed by atoms with Crippen molar-refractivity contribution in [3.8, 4) is 0 Å². The normalized spacial score (nSPS) is 12.1. The van der Waals surface area contributed by atoms with E-state index in [4.69, 9.17) is 5.11 Å². The molecule has 0 unspecified atom stereocenters. The lowest BCUT2D eigenvalue weighted by Crippen LogP contribution is -1.99. The molecule has 0 radical (unpaired) electrons. The number of carbonyl (C=O) groups is 1. The zero-order chi connectivity index (χ0) is 34.3. The summed E-state index contributed by atoms with van der Waals surface area (Å²) in [5.41, 5.74) is 9.84. The first-order chi connectivity index (χ1) is 24.6. The van der Waals surface area contributed by atoms with Gasteiger partial charge in [-0.05, 0) is 77.9 Å². The van der Waals surface area contributed by atoms with Crippen LogP contribution in [0.5, 0.6) is 0 Å². The number of aliphatic carboxylic acids is 1. The van der Waals surface area contributed by atoms with Crippen LogP contribution in [0, 0.1) is 0 Å². The zero-order valence-corrected chi connectivity index (χ0v) is 29.0. The van der Waals surface area contributed by atoms with Crippen molar-refractivity contribution in [1.29, 1.82) is 0 Å². The maximum atomic E-state index is 10.9. The Morgan fingerprint density at radius 3 is 1.40 bits per heavy atom. The molecule has 0 bridgehead atoms. The average molecular weight is 659 g/mol. The Kier molecular flexibility index (Phi) is 10.3. The van der Waals surface area contributed by atoms with E-state index in [-0.39, 0.29) is 6.42 Å². The van der Waals surface area contributed by atoms with Crippen molar-refractivity contribution in [1.82, 2.24) is 9.13 Å². The Morgan fingerprint density at radius 2 is 0.920 bits per heavy atom. The molecule has 50 heavy (non-hydrogen) atoms. The molecule has 2 heterocycles. The number of hydrogen-bond acceptors (Lipinski definition) is 1. The van der Waals surface area contributed by atoms with Gasteiger partial charge in [-0.15, -0.1) is 0 Å². The second-order valence-electron chi connectivity index (χ2n) is 13.5. The van der Waals surface area contributed by atoms with Crippen LogP contribution in [0.3, 0.4) is 0 Å². The monoisotopic (exact) mass is 658 g/mol. The lowest BCUT2D eigenvalue weighted by molar-refractivity contribution is -0.137. The highest BCUT2D eigenvalue weighted by Crippen LogP contribution is 2.32. The molecule has 0 aliphatic carbocycles. The van der Waals surface area contributed by atoms with E-state index < -0.39 is 5.97 Å². The van der Waals surface area contributed by atoms with Gasteiger partial charge in [-0.2, -0.15) is 0 Å². The van der Waals surface area contributed by atoms with Crippen molar-refractivity contribution in [3.05, 3.63) is 131 Å². The topological polar surface area (TPSA) is 47.2 Å². The number of nitrogens with zero attached hydrogens (tertiary/aromatic N) is 2. The Balaban J connectivity index is 1.05. The first-order valence-electron chi connectivity index (χ1n) is 18.3. The number of carboxylic acid groups (broad SMARTS) is 1. The maximum absolute atomic E-state index is 10.9. The van der Waals surface area contributed by atoms with Crippen LogP contribution in [0.4, 0.5) is 0 Å². The number of carboxylic acids is 1. The highest BCUT2D eigenvalue weighted by Gasteiger charge is 2.12. The standard InChI is InChI=1S/C46H46N2O2/c1-2-3-4-11-30-47-42-15-9-7-13-38(42)40-32-36(26-28-44(40)47)24-22-34-18-20-35(21-19-34)23-25-37-27-29-45-41(33-37)39-14-8-10-16-43(39)48(45)31-12-5-6-17-46(49)50/h7-10,13-16,18-29,32-33H,2-6,11-12,17,30-31H2,1H3,(H,49,50)/b24-22+,25-23+. The highest BCUT2D eigenvalue weighted by atomic mass is 16.4. The molecule has 4 heteroatoms. The fourth-order valence-corrected chi connectivity index (χ4v) is 7.35. The Morgan fingerprint density at radius 1 is 0.500 bits per heavy atom. The molecule has 0 aliphatic heterocycles. The van der Waals surface area contributed by atoms with Crippen LogP contribution in [0.2, 0.25) is 0 Å². The summed E-state index contributed by atoms with van der Waals surface area (Å²) in [6.45, 7) is 4.22. The molecule has 252 valence electrons. The number of rotatable bonds is 15.